The molecule has 3 nitrogen and oxygen atoms in total. The molecule has 1 aromatic rings. The third kappa shape index (κ3) is 7.16. The Morgan fingerprint density at radius 1 is 1.00 bits per heavy atom. The van der Waals surface area contributed by atoms with Crippen molar-refractivity contribution < 1.29 is 14.3 Å². The Morgan fingerprint density at radius 3 is 2.32 bits per heavy atom. The number of Topliss-reactive ketones (excluding diaryl/α,β-unsaturated/α-hetero) is 1. The Kier molecular flexibility index (Phi) is 11.3. The molecule has 0 radical (unpaired) electrons. The molecule has 0 aliphatic carbocycles. The summed E-state index contributed by atoms with van der Waals surface area (Å²) in [4.78, 5) is 23.9. The van der Waals surface area contributed by atoms with Crippen molar-refractivity contribution in [3.8, 4) is 0 Å². The average Bonchev–Trinajstić information content (AvgIpc) is 2.67. The van der Waals surface area contributed by atoms with Gasteiger partial charge in [-0.1, -0.05) is 45.6 Å². The first-order valence-corrected chi connectivity index (χ1v) is 11.0. The smallest absolute Gasteiger partial charge is 0.147 e. The molecule has 0 heterocycles. The standard InChI is InChI=1S/C25H40O3/c1-7-9-10-11-15-28-22(12-8-2)17-24(25(27)13-14-26)23-16-18(3)19(4)20(5)21(23)6/h14,16,22,24H,7-13,15,17H2,1-6H3. The predicted octanol–water partition coefficient (Wildman–Crippen LogP) is 6.32. The van der Waals surface area contributed by atoms with Crippen LogP contribution in [-0.4, -0.2) is 24.8 Å². The van der Waals surface area contributed by atoms with Crippen molar-refractivity contribution in [3.05, 3.63) is 33.9 Å². The Hall–Kier alpha value is -1.48. The molecule has 158 valence electrons. The molecule has 1 rings (SSSR count). The second kappa shape index (κ2) is 12.9. The van der Waals surface area contributed by atoms with Crippen LogP contribution in [0.3, 0.4) is 0 Å². The topological polar surface area (TPSA) is 43.4 Å². The van der Waals surface area contributed by atoms with Crippen LogP contribution in [0.15, 0.2) is 6.07 Å². The molecule has 0 aromatic heterocycles. The maximum absolute atomic E-state index is 12.9. The number of carbonyl (C=O) groups is 2. The van der Waals surface area contributed by atoms with Gasteiger partial charge in [0.25, 0.3) is 0 Å². The molecule has 0 aliphatic rings. The fourth-order valence-corrected chi connectivity index (χ4v) is 3.89. The van der Waals surface area contributed by atoms with Gasteiger partial charge in [0, 0.05) is 12.5 Å². The highest BCUT2D eigenvalue weighted by Gasteiger charge is 2.27. The summed E-state index contributed by atoms with van der Waals surface area (Å²) in [7, 11) is 0. The van der Waals surface area contributed by atoms with Crippen molar-refractivity contribution in [3.63, 3.8) is 0 Å². The molecule has 0 aliphatic heterocycles. The minimum absolute atomic E-state index is 0.0106. The minimum atomic E-state index is -0.268. The van der Waals surface area contributed by atoms with Crippen molar-refractivity contribution in [2.75, 3.05) is 6.61 Å². The molecular weight excluding hydrogens is 348 g/mol. The molecule has 28 heavy (non-hydrogen) atoms. The van der Waals surface area contributed by atoms with Gasteiger partial charge in [-0.15, -0.1) is 0 Å². The third-order valence-electron chi connectivity index (χ3n) is 6.03. The quantitative estimate of drug-likeness (QED) is 0.213. The monoisotopic (exact) mass is 388 g/mol. The lowest BCUT2D eigenvalue weighted by Crippen LogP contribution is -2.24. The Morgan fingerprint density at radius 2 is 1.71 bits per heavy atom. The maximum atomic E-state index is 12.9. The van der Waals surface area contributed by atoms with Gasteiger partial charge in [0.1, 0.15) is 12.1 Å². The van der Waals surface area contributed by atoms with E-state index in [2.05, 4.69) is 47.6 Å². The van der Waals surface area contributed by atoms with Gasteiger partial charge >= 0.3 is 0 Å². The van der Waals surface area contributed by atoms with E-state index < -0.39 is 0 Å². The first-order chi connectivity index (χ1) is 13.4. The van der Waals surface area contributed by atoms with Crippen molar-refractivity contribution in [1.82, 2.24) is 0 Å². The molecule has 0 bridgehead atoms. The first kappa shape index (κ1) is 24.6. The molecule has 2 unspecified atom stereocenters. The van der Waals surface area contributed by atoms with Gasteiger partial charge in [0.2, 0.25) is 0 Å². The predicted molar refractivity (Wildman–Crippen MR) is 117 cm³/mol. The lowest BCUT2D eigenvalue weighted by Gasteiger charge is -2.26. The number of carbonyl (C=O) groups excluding carboxylic acids is 2. The van der Waals surface area contributed by atoms with E-state index in [4.69, 9.17) is 4.74 Å². The molecule has 1 aromatic carbocycles. The second-order valence-corrected chi connectivity index (χ2v) is 8.13. The number of aldehydes is 1. The molecular formula is C25H40O3. The minimum Gasteiger partial charge on any atom is -0.378 e. The molecule has 2 atom stereocenters. The van der Waals surface area contributed by atoms with E-state index in [1.807, 2.05) is 0 Å². The highest BCUT2D eigenvalue weighted by atomic mass is 16.5. The highest BCUT2D eigenvalue weighted by Crippen LogP contribution is 2.32. The largest absolute Gasteiger partial charge is 0.378 e. The van der Waals surface area contributed by atoms with Crippen molar-refractivity contribution in [2.24, 2.45) is 0 Å². The zero-order chi connectivity index (χ0) is 21.1. The van der Waals surface area contributed by atoms with Gasteiger partial charge in [-0.05, 0) is 74.8 Å². The number of ether oxygens (including phenoxy) is 1. The molecule has 0 saturated carbocycles. The summed E-state index contributed by atoms with van der Waals surface area (Å²) in [5.74, 6) is -0.258. The Balaban J connectivity index is 3.06. The van der Waals surface area contributed by atoms with E-state index in [-0.39, 0.29) is 24.2 Å². The number of hydrogen-bond acceptors (Lipinski definition) is 3. The average molecular weight is 389 g/mol. The fourth-order valence-electron chi connectivity index (χ4n) is 3.89. The van der Waals surface area contributed by atoms with Crippen LogP contribution in [0.1, 0.15) is 98.9 Å². The molecule has 0 fully saturated rings. The Bertz CT molecular complexity index is 633. The van der Waals surface area contributed by atoms with E-state index in [0.29, 0.717) is 6.42 Å². The van der Waals surface area contributed by atoms with Gasteiger partial charge in [-0.3, -0.25) is 4.79 Å². The zero-order valence-corrected chi connectivity index (χ0v) is 18.9. The van der Waals surface area contributed by atoms with Crippen LogP contribution in [0.25, 0.3) is 0 Å². The normalized spacial score (nSPS) is 13.4. The lowest BCUT2D eigenvalue weighted by atomic mass is 9.81. The van der Waals surface area contributed by atoms with Crippen molar-refractivity contribution >= 4 is 12.1 Å². The molecule has 0 saturated heterocycles. The number of benzene rings is 1. The van der Waals surface area contributed by atoms with E-state index in [0.717, 1.165) is 37.7 Å². The summed E-state index contributed by atoms with van der Waals surface area (Å²) in [6.07, 6.45) is 8.13. The molecule has 3 heteroatoms. The molecule has 0 N–H and O–H groups in total. The van der Waals surface area contributed by atoms with Crippen molar-refractivity contribution in [1.29, 1.82) is 0 Å². The van der Waals surface area contributed by atoms with Crippen LogP contribution in [0.4, 0.5) is 0 Å². The van der Waals surface area contributed by atoms with Crippen LogP contribution in [0.2, 0.25) is 0 Å². The summed E-state index contributed by atoms with van der Waals surface area (Å²) in [5.41, 5.74) is 5.97. The second-order valence-electron chi connectivity index (χ2n) is 8.13. The first-order valence-electron chi connectivity index (χ1n) is 11.0. The third-order valence-corrected chi connectivity index (χ3v) is 6.03. The van der Waals surface area contributed by atoms with Crippen LogP contribution < -0.4 is 0 Å². The van der Waals surface area contributed by atoms with Crippen molar-refractivity contribution in [2.45, 2.75) is 105 Å². The van der Waals surface area contributed by atoms with Gasteiger partial charge < -0.3 is 9.53 Å². The van der Waals surface area contributed by atoms with Crippen LogP contribution in [0, 0.1) is 27.7 Å². The number of aryl methyl sites for hydroxylation is 1. The highest BCUT2D eigenvalue weighted by molar-refractivity contribution is 5.94. The Labute approximate surface area is 172 Å². The number of hydrogen-bond donors (Lipinski definition) is 0. The number of unbranched alkanes of at least 4 members (excludes halogenated alkanes) is 3. The van der Waals surface area contributed by atoms with Gasteiger partial charge in [-0.2, -0.15) is 0 Å². The summed E-state index contributed by atoms with van der Waals surface area (Å²) in [6.45, 7) is 13.6. The van der Waals surface area contributed by atoms with Crippen LogP contribution in [-0.2, 0) is 14.3 Å². The summed E-state index contributed by atoms with van der Waals surface area (Å²) >= 11 is 0. The van der Waals surface area contributed by atoms with Crippen LogP contribution >= 0.6 is 0 Å². The zero-order valence-electron chi connectivity index (χ0n) is 18.9. The van der Waals surface area contributed by atoms with Gasteiger partial charge in [0.15, 0.2) is 0 Å². The molecule has 0 spiro atoms. The van der Waals surface area contributed by atoms with E-state index in [1.54, 1.807) is 0 Å². The molecule has 0 amide bonds. The lowest BCUT2D eigenvalue weighted by molar-refractivity contribution is -0.124. The van der Waals surface area contributed by atoms with Gasteiger partial charge in [-0.25, -0.2) is 0 Å². The van der Waals surface area contributed by atoms with Gasteiger partial charge in [0.05, 0.1) is 12.5 Å². The maximum Gasteiger partial charge on any atom is 0.147 e. The summed E-state index contributed by atoms with van der Waals surface area (Å²) in [5, 5.41) is 0. The van der Waals surface area contributed by atoms with E-state index in [1.165, 1.54) is 41.5 Å². The fraction of sp³-hybridized carbons (Fsp3) is 0.680. The van der Waals surface area contributed by atoms with Crippen LogP contribution in [0.5, 0.6) is 0 Å². The summed E-state index contributed by atoms with van der Waals surface area (Å²) < 4.78 is 6.19. The number of rotatable bonds is 14. The van der Waals surface area contributed by atoms with E-state index in [9.17, 15) is 9.59 Å². The SMILES string of the molecule is CCCCCCOC(CCC)CC(C(=O)CC=O)c1cc(C)c(C)c(C)c1C. The summed E-state index contributed by atoms with van der Waals surface area (Å²) in [6, 6.07) is 2.15. The number of ketones is 1. The van der Waals surface area contributed by atoms with E-state index >= 15 is 0 Å².